The molecular formula is C15H23IN4O. The van der Waals surface area contributed by atoms with E-state index in [4.69, 9.17) is 10.5 Å². The minimum atomic E-state index is 0. The second-order valence-electron chi connectivity index (χ2n) is 4.67. The smallest absolute Gasteiger partial charge is 0.188 e. The van der Waals surface area contributed by atoms with E-state index in [0.29, 0.717) is 25.7 Å². The third-order valence-electron chi connectivity index (χ3n) is 3.14. The van der Waals surface area contributed by atoms with Crippen LogP contribution in [0.15, 0.2) is 41.4 Å². The van der Waals surface area contributed by atoms with Crippen LogP contribution in [0.1, 0.15) is 5.56 Å². The molecule has 116 valence electrons. The van der Waals surface area contributed by atoms with Crippen LogP contribution in [0.25, 0.3) is 0 Å². The van der Waals surface area contributed by atoms with E-state index >= 15 is 0 Å². The first-order valence-corrected chi connectivity index (χ1v) is 6.81. The number of hydrogen-bond acceptors (Lipinski definition) is 3. The van der Waals surface area contributed by atoms with Crippen molar-refractivity contribution < 1.29 is 4.74 Å². The van der Waals surface area contributed by atoms with Crippen molar-refractivity contribution in [2.45, 2.75) is 6.54 Å². The minimum Gasteiger partial charge on any atom is -0.383 e. The van der Waals surface area contributed by atoms with Gasteiger partial charge in [-0.05, 0) is 17.7 Å². The highest BCUT2D eigenvalue weighted by atomic mass is 127. The Hall–Kier alpha value is -1.28. The average molecular weight is 402 g/mol. The fraction of sp³-hybridized carbons (Fsp3) is 0.400. The summed E-state index contributed by atoms with van der Waals surface area (Å²) < 4.78 is 4.94. The van der Waals surface area contributed by atoms with Gasteiger partial charge in [0.05, 0.1) is 13.2 Å². The minimum absolute atomic E-state index is 0. The summed E-state index contributed by atoms with van der Waals surface area (Å²) in [6.45, 7) is 3.83. The number of anilines is 1. The summed E-state index contributed by atoms with van der Waals surface area (Å²) in [7, 11) is 1.66. The molecule has 1 heterocycles. The van der Waals surface area contributed by atoms with E-state index in [-0.39, 0.29) is 24.0 Å². The molecule has 0 amide bonds. The maximum Gasteiger partial charge on any atom is 0.188 e. The molecule has 1 aromatic rings. The molecule has 0 aliphatic carbocycles. The maximum atomic E-state index is 5.79. The maximum absolute atomic E-state index is 5.79. The van der Waals surface area contributed by atoms with Crippen LogP contribution in [0, 0.1) is 0 Å². The number of nitrogens with one attached hydrogen (secondary N) is 1. The van der Waals surface area contributed by atoms with Gasteiger partial charge >= 0.3 is 0 Å². The fourth-order valence-corrected chi connectivity index (χ4v) is 2.05. The average Bonchev–Trinajstić information content (AvgIpc) is 3.00. The molecule has 2 rings (SSSR count). The second kappa shape index (κ2) is 9.62. The SMILES string of the molecule is COCCNC(N)=NCc1cccc(N2CC=CC2)c1.I. The molecule has 0 unspecified atom stereocenters. The largest absolute Gasteiger partial charge is 0.383 e. The third-order valence-corrected chi connectivity index (χ3v) is 3.14. The van der Waals surface area contributed by atoms with E-state index in [1.165, 1.54) is 5.69 Å². The Labute approximate surface area is 143 Å². The van der Waals surface area contributed by atoms with E-state index in [2.05, 4.69) is 51.6 Å². The van der Waals surface area contributed by atoms with Crippen LogP contribution < -0.4 is 16.0 Å². The highest BCUT2D eigenvalue weighted by molar-refractivity contribution is 14.0. The first-order chi connectivity index (χ1) is 9.79. The summed E-state index contributed by atoms with van der Waals surface area (Å²) in [6, 6.07) is 8.42. The van der Waals surface area contributed by atoms with Crippen LogP contribution in [0.3, 0.4) is 0 Å². The van der Waals surface area contributed by atoms with E-state index in [9.17, 15) is 0 Å². The molecule has 1 aromatic carbocycles. The number of nitrogens with zero attached hydrogens (tertiary/aromatic N) is 2. The van der Waals surface area contributed by atoms with Gasteiger partial charge in [0.15, 0.2) is 5.96 Å². The van der Waals surface area contributed by atoms with E-state index < -0.39 is 0 Å². The Balaban J connectivity index is 0.00000220. The summed E-state index contributed by atoms with van der Waals surface area (Å²) >= 11 is 0. The summed E-state index contributed by atoms with van der Waals surface area (Å²) in [5, 5.41) is 3.01. The van der Waals surface area contributed by atoms with Crippen LogP contribution in [0.4, 0.5) is 5.69 Å². The van der Waals surface area contributed by atoms with Crippen molar-refractivity contribution in [3.63, 3.8) is 0 Å². The summed E-state index contributed by atoms with van der Waals surface area (Å²) in [4.78, 5) is 6.64. The van der Waals surface area contributed by atoms with Gasteiger partial charge in [0.2, 0.25) is 0 Å². The normalized spacial score (nSPS) is 14.1. The number of halogens is 1. The molecular weight excluding hydrogens is 379 g/mol. The zero-order valence-electron chi connectivity index (χ0n) is 12.3. The molecule has 5 nitrogen and oxygen atoms in total. The Kier molecular flexibility index (Phi) is 8.14. The van der Waals surface area contributed by atoms with Crippen LogP contribution >= 0.6 is 24.0 Å². The first kappa shape index (κ1) is 17.8. The van der Waals surface area contributed by atoms with Crippen LogP contribution in [0.2, 0.25) is 0 Å². The van der Waals surface area contributed by atoms with Crippen molar-refractivity contribution in [2.24, 2.45) is 10.7 Å². The van der Waals surface area contributed by atoms with Crippen LogP contribution in [0.5, 0.6) is 0 Å². The van der Waals surface area contributed by atoms with Crippen molar-refractivity contribution in [3.05, 3.63) is 42.0 Å². The number of methoxy groups -OCH3 is 1. The molecule has 0 fully saturated rings. The van der Waals surface area contributed by atoms with Gasteiger partial charge in [0.25, 0.3) is 0 Å². The predicted molar refractivity (Wildman–Crippen MR) is 98.4 cm³/mol. The van der Waals surface area contributed by atoms with Gasteiger partial charge < -0.3 is 20.7 Å². The number of guanidine groups is 1. The molecule has 1 aliphatic rings. The highest BCUT2D eigenvalue weighted by Crippen LogP contribution is 2.18. The van der Waals surface area contributed by atoms with Gasteiger partial charge in [-0.25, -0.2) is 4.99 Å². The molecule has 0 aromatic heterocycles. The molecule has 0 saturated carbocycles. The molecule has 0 bridgehead atoms. The van der Waals surface area contributed by atoms with Crippen molar-refractivity contribution >= 4 is 35.6 Å². The molecule has 0 saturated heterocycles. The number of rotatable bonds is 6. The number of benzene rings is 1. The lowest BCUT2D eigenvalue weighted by Crippen LogP contribution is -2.34. The number of nitrogens with two attached hydrogens (primary N) is 1. The second-order valence-corrected chi connectivity index (χ2v) is 4.67. The Morgan fingerprint density at radius 2 is 2.14 bits per heavy atom. The summed E-state index contributed by atoms with van der Waals surface area (Å²) in [5.41, 5.74) is 8.17. The third kappa shape index (κ3) is 5.92. The van der Waals surface area contributed by atoms with Gasteiger partial charge in [0, 0.05) is 32.4 Å². The zero-order valence-corrected chi connectivity index (χ0v) is 14.6. The quantitative estimate of drug-likeness (QED) is 0.250. The summed E-state index contributed by atoms with van der Waals surface area (Å²) in [5.74, 6) is 0.454. The van der Waals surface area contributed by atoms with Crippen molar-refractivity contribution in [3.8, 4) is 0 Å². The molecule has 0 radical (unpaired) electrons. The van der Waals surface area contributed by atoms with Crippen LogP contribution in [-0.2, 0) is 11.3 Å². The van der Waals surface area contributed by atoms with E-state index in [0.717, 1.165) is 18.7 Å². The first-order valence-electron chi connectivity index (χ1n) is 6.81. The van der Waals surface area contributed by atoms with Gasteiger partial charge in [-0.2, -0.15) is 0 Å². The van der Waals surface area contributed by atoms with Crippen LogP contribution in [-0.4, -0.2) is 39.3 Å². The zero-order chi connectivity index (χ0) is 14.2. The molecule has 6 heteroatoms. The Morgan fingerprint density at radius 3 is 2.86 bits per heavy atom. The Morgan fingerprint density at radius 1 is 1.38 bits per heavy atom. The lowest BCUT2D eigenvalue weighted by atomic mass is 10.2. The lowest BCUT2D eigenvalue weighted by molar-refractivity contribution is 0.204. The molecule has 3 N–H and O–H groups in total. The van der Waals surface area contributed by atoms with Gasteiger partial charge in [0.1, 0.15) is 0 Å². The predicted octanol–water partition coefficient (Wildman–Crippen LogP) is 1.73. The Bertz CT molecular complexity index is 482. The summed E-state index contributed by atoms with van der Waals surface area (Å²) in [6.07, 6.45) is 4.37. The number of ether oxygens (including phenoxy) is 1. The molecule has 1 aliphatic heterocycles. The van der Waals surface area contributed by atoms with Crippen molar-refractivity contribution in [1.82, 2.24) is 5.32 Å². The topological polar surface area (TPSA) is 62.9 Å². The number of aliphatic imine (C=N–C) groups is 1. The highest BCUT2D eigenvalue weighted by Gasteiger charge is 2.07. The molecule has 21 heavy (non-hydrogen) atoms. The monoisotopic (exact) mass is 402 g/mol. The number of hydrogen-bond donors (Lipinski definition) is 2. The van der Waals surface area contributed by atoms with Gasteiger partial charge in [-0.15, -0.1) is 24.0 Å². The van der Waals surface area contributed by atoms with Gasteiger partial charge in [-0.1, -0.05) is 24.3 Å². The van der Waals surface area contributed by atoms with Gasteiger partial charge in [-0.3, -0.25) is 0 Å². The lowest BCUT2D eigenvalue weighted by Gasteiger charge is -2.18. The van der Waals surface area contributed by atoms with E-state index in [1.807, 2.05) is 0 Å². The van der Waals surface area contributed by atoms with Crippen molar-refractivity contribution in [2.75, 3.05) is 38.3 Å². The van der Waals surface area contributed by atoms with Crippen molar-refractivity contribution in [1.29, 1.82) is 0 Å². The fourth-order valence-electron chi connectivity index (χ4n) is 2.05. The molecule has 0 atom stereocenters. The van der Waals surface area contributed by atoms with E-state index in [1.54, 1.807) is 7.11 Å². The molecule has 0 spiro atoms. The standard InChI is InChI=1S/C15H22N4O.HI/c1-20-10-7-17-15(16)18-12-13-5-4-6-14(11-13)19-8-2-3-9-19;/h2-6,11H,7-10,12H2,1H3,(H3,16,17,18);1H.